The summed E-state index contributed by atoms with van der Waals surface area (Å²) in [5.74, 6) is 1.10. The Hall–Kier alpha value is -0.570. The lowest BCUT2D eigenvalue weighted by Crippen LogP contribution is -2.47. The fraction of sp³-hybridized carbons (Fsp3) is 0.933. The molecule has 1 saturated carbocycles. The molecule has 1 saturated heterocycles. The van der Waals surface area contributed by atoms with E-state index in [0.29, 0.717) is 11.8 Å². The normalized spacial score (nSPS) is 34.8. The van der Waals surface area contributed by atoms with Crippen LogP contribution in [-0.4, -0.2) is 29.9 Å². The van der Waals surface area contributed by atoms with Crippen LogP contribution < -0.4 is 5.73 Å². The van der Waals surface area contributed by atoms with E-state index < -0.39 is 0 Å². The van der Waals surface area contributed by atoms with Crippen molar-refractivity contribution in [1.29, 1.82) is 0 Å². The Morgan fingerprint density at radius 3 is 2.33 bits per heavy atom. The molecule has 3 heteroatoms. The average Bonchev–Trinajstić information content (AvgIpc) is 2.31. The van der Waals surface area contributed by atoms with Crippen LogP contribution in [0.3, 0.4) is 0 Å². The first-order chi connectivity index (χ1) is 8.68. The van der Waals surface area contributed by atoms with Crippen LogP contribution in [0, 0.1) is 11.8 Å². The van der Waals surface area contributed by atoms with Gasteiger partial charge in [-0.15, -0.1) is 0 Å². The second-order valence-electron chi connectivity index (χ2n) is 6.28. The van der Waals surface area contributed by atoms with Crippen LogP contribution in [-0.2, 0) is 4.79 Å². The van der Waals surface area contributed by atoms with E-state index in [2.05, 4.69) is 11.8 Å². The van der Waals surface area contributed by atoms with Crippen LogP contribution in [0.2, 0.25) is 0 Å². The molecule has 104 valence electrons. The zero-order valence-electron chi connectivity index (χ0n) is 11.7. The lowest BCUT2D eigenvalue weighted by atomic mass is 9.78. The molecule has 18 heavy (non-hydrogen) atoms. The molecule has 2 N–H and O–H groups in total. The van der Waals surface area contributed by atoms with Crippen molar-refractivity contribution in [3.63, 3.8) is 0 Å². The number of nitrogens with zero attached hydrogens (tertiary/aromatic N) is 1. The summed E-state index contributed by atoms with van der Waals surface area (Å²) in [6, 6.07) is 0.0964. The molecule has 3 atom stereocenters. The van der Waals surface area contributed by atoms with E-state index in [1.54, 1.807) is 0 Å². The molecule has 1 heterocycles. The minimum atomic E-state index is 0.0909. The van der Waals surface area contributed by atoms with E-state index in [4.69, 9.17) is 5.73 Å². The molecular weight excluding hydrogens is 224 g/mol. The van der Waals surface area contributed by atoms with Gasteiger partial charge in [0.25, 0.3) is 0 Å². The van der Waals surface area contributed by atoms with E-state index in [9.17, 15) is 4.79 Å². The zero-order valence-corrected chi connectivity index (χ0v) is 11.7. The van der Waals surface area contributed by atoms with Crippen LogP contribution in [0.15, 0.2) is 0 Å². The monoisotopic (exact) mass is 252 g/mol. The van der Waals surface area contributed by atoms with Gasteiger partial charge < -0.3 is 10.6 Å². The van der Waals surface area contributed by atoms with Crippen molar-refractivity contribution in [2.75, 3.05) is 13.1 Å². The minimum Gasteiger partial charge on any atom is -0.342 e. The Morgan fingerprint density at radius 2 is 1.67 bits per heavy atom. The summed E-state index contributed by atoms with van der Waals surface area (Å²) in [5, 5.41) is 0. The molecule has 2 rings (SSSR count). The first kappa shape index (κ1) is 13.9. The minimum absolute atomic E-state index is 0.0909. The van der Waals surface area contributed by atoms with Gasteiger partial charge in [0.2, 0.25) is 5.91 Å². The highest BCUT2D eigenvalue weighted by molar-refractivity contribution is 5.79. The van der Waals surface area contributed by atoms with Gasteiger partial charge >= 0.3 is 0 Å². The molecule has 0 aromatic carbocycles. The summed E-state index contributed by atoms with van der Waals surface area (Å²) < 4.78 is 0. The van der Waals surface area contributed by atoms with Crippen molar-refractivity contribution in [2.24, 2.45) is 17.6 Å². The summed E-state index contributed by atoms with van der Waals surface area (Å²) in [4.78, 5) is 14.7. The van der Waals surface area contributed by atoms with Gasteiger partial charge in [0.15, 0.2) is 0 Å². The van der Waals surface area contributed by atoms with Crippen LogP contribution in [0.4, 0.5) is 0 Å². The maximum absolute atomic E-state index is 12.6. The van der Waals surface area contributed by atoms with Crippen LogP contribution >= 0.6 is 0 Å². The van der Waals surface area contributed by atoms with E-state index in [1.165, 1.54) is 38.5 Å². The molecule has 0 aromatic heterocycles. The van der Waals surface area contributed by atoms with Gasteiger partial charge in [-0.05, 0) is 38.0 Å². The van der Waals surface area contributed by atoms with Crippen molar-refractivity contribution < 1.29 is 4.79 Å². The van der Waals surface area contributed by atoms with Gasteiger partial charge in [0.1, 0.15) is 0 Å². The SMILES string of the molecule is CC1CCC(N)C(C(=O)N2CCCCCCC2)C1. The van der Waals surface area contributed by atoms with E-state index in [0.717, 1.165) is 25.9 Å². The number of nitrogens with two attached hydrogens (primary N) is 1. The van der Waals surface area contributed by atoms with Crippen molar-refractivity contribution in [1.82, 2.24) is 4.90 Å². The Balaban J connectivity index is 1.94. The number of rotatable bonds is 1. The molecule has 1 amide bonds. The topological polar surface area (TPSA) is 46.3 Å². The number of likely N-dealkylation sites (tertiary alicyclic amines) is 1. The van der Waals surface area contributed by atoms with Crippen molar-refractivity contribution in [3.05, 3.63) is 0 Å². The number of amides is 1. The molecule has 0 aromatic rings. The van der Waals surface area contributed by atoms with Gasteiger partial charge in [0, 0.05) is 19.1 Å². The summed E-state index contributed by atoms with van der Waals surface area (Å²) in [7, 11) is 0. The van der Waals surface area contributed by atoms with Gasteiger partial charge in [0.05, 0.1) is 5.92 Å². The zero-order chi connectivity index (χ0) is 13.0. The highest BCUT2D eigenvalue weighted by Gasteiger charge is 2.34. The van der Waals surface area contributed by atoms with Crippen molar-refractivity contribution >= 4 is 5.91 Å². The van der Waals surface area contributed by atoms with Crippen LogP contribution in [0.1, 0.15) is 58.3 Å². The Labute approximate surface area is 111 Å². The Bertz CT molecular complexity index is 272. The summed E-state index contributed by atoms with van der Waals surface area (Å²) >= 11 is 0. The van der Waals surface area contributed by atoms with Crippen LogP contribution in [0.5, 0.6) is 0 Å². The van der Waals surface area contributed by atoms with E-state index in [1.807, 2.05) is 0 Å². The second kappa shape index (κ2) is 6.55. The first-order valence-electron chi connectivity index (χ1n) is 7.73. The number of hydrogen-bond acceptors (Lipinski definition) is 2. The van der Waals surface area contributed by atoms with Crippen LogP contribution in [0.25, 0.3) is 0 Å². The fourth-order valence-corrected chi connectivity index (χ4v) is 3.39. The average molecular weight is 252 g/mol. The maximum Gasteiger partial charge on any atom is 0.227 e. The van der Waals surface area contributed by atoms with E-state index >= 15 is 0 Å². The standard InChI is InChI=1S/C15H28N2O/c1-12-7-8-14(16)13(11-12)15(18)17-9-5-3-2-4-6-10-17/h12-14H,2-11,16H2,1H3. The van der Waals surface area contributed by atoms with Gasteiger partial charge in [-0.2, -0.15) is 0 Å². The molecule has 0 spiro atoms. The third kappa shape index (κ3) is 3.47. The fourth-order valence-electron chi connectivity index (χ4n) is 3.39. The van der Waals surface area contributed by atoms with Gasteiger partial charge in [-0.25, -0.2) is 0 Å². The maximum atomic E-state index is 12.6. The van der Waals surface area contributed by atoms with Gasteiger partial charge in [-0.1, -0.05) is 26.2 Å². The third-order valence-electron chi connectivity index (χ3n) is 4.65. The molecule has 1 aliphatic heterocycles. The lowest BCUT2D eigenvalue weighted by Gasteiger charge is -2.36. The quantitative estimate of drug-likeness (QED) is 0.779. The van der Waals surface area contributed by atoms with Gasteiger partial charge in [-0.3, -0.25) is 4.79 Å². The second-order valence-corrected chi connectivity index (χ2v) is 6.28. The summed E-state index contributed by atoms with van der Waals surface area (Å²) in [6.07, 6.45) is 9.43. The number of hydrogen-bond donors (Lipinski definition) is 1. The molecule has 2 aliphatic rings. The largest absolute Gasteiger partial charge is 0.342 e. The van der Waals surface area contributed by atoms with Crippen molar-refractivity contribution in [2.45, 2.75) is 64.3 Å². The first-order valence-corrected chi connectivity index (χ1v) is 7.73. The Morgan fingerprint density at radius 1 is 1.06 bits per heavy atom. The summed E-state index contributed by atoms with van der Waals surface area (Å²) in [5.41, 5.74) is 6.17. The predicted octanol–water partition coefficient (Wildman–Crippen LogP) is 2.54. The molecular formula is C15H28N2O. The predicted molar refractivity (Wildman–Crippen MR) is 74.1 cm³/mol. The summed E-state index contributed by atoms with van der Waals surface area (Å²) in [6.45, 7) is 4.16. The number of carbonyl (C=O) groups excluding carboxylic acids is 1. The highest BCUT2D eigenvalue weighted by Crippen LogP contribution is 2.29. The molecule has 0 bridgehead atoms. The third-order valence-corrected chi connectivity index (χ3v) is 4.65. The number of carbonyl (C=O) groups is 1. The molecule has 2 fully saturated rings. The lowest BCUT2D eigenvalue weighted by molar-refractivity contribution is -0.138. The molecule has 0 radical (unpaired) electrons. The highest BCUT2D eigenvalue weighted by atomic mass is 16.2. The molecule has 3 unspecified atom stereocenters. The smallest absolute Gasteiger partial charge is 0.227 e. The Kier molecular flexibility index (Phi) is 5.04. The molecule has 1 aliphatic carbocycles. The van der Waals surface area contributed by atoms with E-state index in [-0.39, 0.29) is 12.0 Å². The molecule has 3 nitrogen and oxygen atoms in total. The van der Waals surface area contributed by atoms with Crippen molar-refractivity contribution in [3.8, 4) is 0 Å².